The topological polar surface area (TPSA) is 166 Å². The van der Waals surface area contributed by atoms with Crippen molar-refractivity contribution in [2.75, 3.05) is 6.54 Å². The van der Waals surface area contributed by atoms with E-state index >= 15 is 0 Å². The van der Waals surface area contributed by atoms with Crippen molar-refractivity contribution in [3.8, 4) is 6.07 Å². The van der Waals surface area contributed by atoms with Gasteiger partial charge in [-0.05, 0) is 48.8 Å². The Bertz CT molecular complexity index is 1350. The van der Waals surface area contributed by atoms with E-state index in [1.165, 1.54) is 11.2 Å². The summed E-state index contributed by atoms with van der Waals surface area (Å²) in [5, 5.41) is 15.4. The molecule has 0 radical (unpaired) electrons. The molecule has 10 nitrogen and oxygen atoms in total. The summed E-state index contributed by atoms with van der Waals surface area (Å²) in [5.74, 6) is 2.93. The molecular weight excluding hydrogens is 587 g/mol. The molecule has 0 unspecified atom stereocenters. The van der Waals surface area contributed by atoms with Gasteiger partial charge in [0.2, 0.25) is 11.8 Å². The minimum absolute atomic E-state index is 0.0370. The maximum Gasteiger partial charge on any atom is 0.389 e. The molecule has 0 spiro atoms. The third-order valence-corrected chi connectivity index (χ3v) is 7.51. The van der Waals surface area contributed by atoms with E-state index in [2.05, 4.69) is 26.7 Å². The van der Waals surface area contributed by atoms with E-state index in [1.54, 1.807) is 18.2 Å². The van der Waals surface area contributed by atoms with Crippen LogP contribution in [0, 0.1) is 22.7 Å². The molecule has 2 saturated carbocycles. The maximum atomic E-state index is 12.4. The summed E-state index contributed by atoms with van der Waals surface area (Å²) in [6.45, 7) is 2.63. The van der Waals surface area contributed by atoms with Crippen LogP contribution in [0.15, 0.2) is 30.1 Å². The van der Waals surface area contributed by atoms with E-state index in [-0.39, 0.29) is 43.0 Å². The third kappa shape index (κ3) is 11.3. The van der Waals surface area contributed by atoms with Crippen molar-refractivity contribution in [2.24, 2.45) is 22.9 Å². The Labute approximate surface area is 252 Å². The first-order valence-corrected chi connectivity index (χ1v) is 14.4. The monoisotopic (exact) mass is 626 g/mol. The van der Waals surface area contributed by atoms with Crippen LogP contribution in [0.5, 0.6) is 0 Å². The van der Waals surface area contributed by atoms with Crippen molar-refractivity contribution >= 4 is 22.8 Å². The number of hydrazine groups is 1. The van der Waals surface area contributed by atoms with Crippen molar-refractivity contribution in [3.63, 3.8) is 0 Å². The van der Waals surface area contributed by atoms with E-state index in [4.69, 9.17) is 16.8 Å². The number of imidazole rings is 1. The van der Waals surface area contributed by atoms with Crippen LogP contribution in [0.2, 0.25) is 0 Å². The van der Waals surface area contributed by atoms with E-state index in [9.17, 15) is 31.5 Å². The van der Waals surface area contributed by atoms with Gasteiger partial charge in [0.25, 0.3) is 5.91 Å². The van der Waals surface area contributed by atoms with Gasteiger partial charge < -0.3 is 26.4 Å². The van der Waals surface area contributed by atoms with Crippen LogP contribution in [0.4, 0.5) is 22.0 Å². The summed E-state index contributed by atoms with van der Waals surface area (Å²) in [6, 6.07) is 7.35. The Balaban J connectivity index is 0.000000572. The van der Waals surface area contributed by atoms with Gasteiger partial charge in [0.05, 0.1) is 30.1 Å². The Morgan fingerprint density at radius 2 is 1.86 bits per heavy atom. The number of aromatic nitrogens is 2. The lowest BCUT2D eigenvalue weighted by atomic mass is 9.63. The number of amides is 2. The van der Waals surface area contributed by atoms with Gasteiger partial charge in [0.1, 0.15) is 11.5 Å². The number of benzene rings is 1. The number of alkyl halides is 5. The summed E-state index contributed by atoms with van der Waals surface area (Å²) in [6.07, 6.45) is -0.660. The van der Waals surface area contributed by atoms with Crippen molar-refractivity contribution < 1.29 is 31.5 Å². The molecular formula is C29H39F5N8O2. The number of nitrogens with two attached hydrogens (primary N) is 2. The lowest BCUT2D eigenvalue weighted by molar-refractivity contribution is -0.144. The standard InChI is InChI=1S/C23H29F3N8O2.C6H10F2/c1-22(7-15(8-22)9-27)13-34(29)12-16(28)21(36)31-11-19-32-17-3-2-14(6-18(17)33-19)10-30-20(35)4-5-23(24,25)26;7-6(8)4-2-1-3-5-6/h2-3,6,12,15H,4-5,7-8,10-11,13,28-29H2,1H3,(H,30,35)(H,31,36)(H,32,33);1-5H2/b16-12-;. The zero-order chi connectivity index (χ0) is 32.5. The van der Waals surface area contributed by atoms with Crippen LogP contribution >= 0.6 is 0 Å². The first-order valence-electron chi connectivity index (χ1n) is 14.4. The summed E-state index contributed by atoms with van der Waals surface area (Å²) >= 11 is 0. The van der Waals surface area contributed by atoms with E-state index in [0.29, 0.717) is 41.8 Å². The molecule has 2 amide bonds. The van der Waals surface area contributed by atoms with E-state index < -0.39 is 36.8 Å². The number of H-pyrrole nitrogens is 1. The number of fused-ring (bicyclic) bond motifs is 1. The lowest BCUT2D eigenvalue weighted by Crippen LogP contribution is -2.45. The quantitative estimate of drug-likeness (QED) is 0.111. The SMILES string of the molecule is CC1(CN(N)/C=C(\N)C(=O)NCc2nc3ccc(CNC(=O)CCC(F)(F)F)cc3[nH]2)CC(C#N)C1.FC1(F)CCCCC1. The van der Waals surface area contributed by atoms with Crippen molar-refractivity contribution in [1.82, 2.24) is 25.6 Å². The second kappa shape index (κ2) is 14.7. The van der Waals surface area contributed by atoms with Crippen LogP contribution in [0.1, 0.15) is 76.1 Å². The zero-order valence-corrected chi connectivity index (χ0v) is 24.6. The van der Waals surface area contributed by atoms with Gasteiger partial charge in [-0.2, -0.15) is 18.4 Å². The van der Waals surface area contributed by atoms with Crippen LogP contribution in [-0.4, -0.2) is 45.4 Å². The molecule has 15 heteroatoms. The lowest BCUT2D eigenvalue weighted by Gasteiger charge is -2.43. The number of rotatable bonds is 10. The molecule has 1 heterocycles. The first-order chi connectivity index (χ1) is 20.6. The van der Waals surface area contributed by atoms with Gasteiger partial charge in [-0.25, -0.2) is 19.6 Å². The molecule has 2 aliphatic rings. The molecule has 242 valence electrons. The number of hydrogen-bond donors (Lipinski definition) is 5. The van der Waals surface area contributed by atoms with Gasteiger partial charge in [-0.15, -0.1) is 0 Å². The Hall–Kier alpha value is -3.93. The van der Waals surface area contributed by atoms with Crippen molar-refractivity contribution in [2.45, 2.75) is 89.9 Å². The van der Waals surface area contributed by atoms with Gasteiger partial charge >= 0.3 is 6.18 Å². The summed E-state index contributed by atoms with van der Waals surface area (Å²) in [5.41, 5.74) is 7.63. The smallest absolute Gasteiger partial charge is 0.389 e. The van der Waals surface area contributed by atoms with Gasteiger partial charge in [0, 0.05) is 44.5 Å². The number of carbonyl (C=O) groups is 2. The second-order valence-electron chi connectivity index (χ2n) is 11.8. The first kappa shape index (κ1) is 34.6. The number of aromatic amines is 1. The Morgan fingerprint density at radius 3 is 2.45 bits per heavy atom. The Morgan fingerprint density at radius 1 is 1.18 bits per heavy atom. The number of nitriles is 1. The fourth-order valence-electron chi connectivity index (χ4n) is 5.26. The molecule has 1 aromatic carbocycles. The normalized spacial score (nSPS) is 21.3. The van der Waals surface area contributed by atoms with E-state index in [0.717, 1.165) is 19.3 Å². The molecule has 0 bridgehead atoms. The average Bonchev–Trinajstić information content (AvgIpc) is 3.34. The highest BCUT2D eigenvalue weighted by Crippen LogP contribution is 2.45. The zero-order valence-electron chi connectivity index (χ0n) is 24.6. The largest absolute Gasteiger partial charge is 0.393 e. The third-order valence-electron chi connectivity index (χ3n) is 7.51. The maximum absolute atomic E-state index is 12.4. The summed E-state index contributed by atoms with van der Waals surface area (Å²) in [7, 11) is 0. The highest BCUT2D eigenvalue weighted by Gasteiger charge is 2.41. The highest BCUT2D eigenvalue weighted by atomic mass is 19.4. The molecule has 4 rings (SSSR count). The fraction of sp³-hybridized carbons (Fsp3) is 0.586. The molecule has 0 saturated heterocycles. The molecule has 2 aliphatic carbocycles. The molecule has 2 fully saturated rings. The minimum Gasteiger partial charge on any atom is -0.393 e. The Kier molecular flexibility index (Phi) is 11.5. The van der Waals surface area contributed by atoms with Crippen LogP contribution in [-0.2, 0) is 22.7 Å². The number of hydrogen-bond acceptors (Lipinski definition) is 7. The van der Waals surface area contributed by atoms with Crippen LogP contribution < -0.4 is 22.2 Å². The number of nitrogens with one attached hydrogen (secondary N) is 3. The predicted molar refractivity (Wildman–Crippen MR) is 153 cm³/mol. The van der Waals surface area contributed by atoms with Gasteiger partial charge in [-0.1, -0.05) is 19.4 Å². The van der Waals surface area contributed by atoms with E-state index in [1.807, 2.05) is 6.92 Å². The summed E-state index contributed by atoms with van der Waals surface area (Å²) < 4.78 is 61.1. The number of halogens is 5. The molecule has 2 aromatic rings. The fourth-order valence-corrected chi connectivity index (χ4v) is 5.26. The van der Waals surface area contributed by atoms with Crippen LogP contribution in [0.3, 0.4) is 0 Å². The molecule has 1 aromatic heterocycles. The van der Waals surface area contributed by atoms with Gasteiger partial charge in [0.15, 0.2) is 0 Å². The number of carbonyl (C=O) groups excluding carboxylic acids is 2. The van der Waals surface area contributed by atoms with Gasteiger partial charge in [-0.3, -0.25) is 9.59 Å². The van der Waals surface area contributed by atoms with Crippen molar-refractivity contribution in [1.29, 1.82) is 5.26 Å². The predicted octanol–water partition coefficient (Wildman–Crippen LogP) is 4.64. The molecule has 7 N–H and O–H groups in total. The average molecular weight is 627 g/mol. The molecule has 0 aliphatic heterocycles. The second-order valence-corrected chi connectivity index (χ2v) is 11.8. The minimum atomic E-state index is -4.38. The van der Waals surface area contributed by atoms with Crippen LogP contribution in [0.25, 0.3) is 11.0 Å². The summed E-state index contributed by atoms with van der Waals surface area (Å²) in [4.78, 5) is 31.4. The highest BCUT2D eigenvalue weighted by molar-refractivity contribution is 5.92. The number of nitrogens with zero attached hydrogens (tertiary/aromatic N) is 3. The molecule has 0 atom stereocenters. The molecule has 44 heavy (non-hydrogen) atoms. The van der Waals surface area contributed by atoms with Crippen molar-refractivity contribution in [3.05, 3.63) is 41.5 Å².